The van der Waals surface area contributed by atoms with Crippen LogP contribution in [0.2, 0.25) is 0 Å². The van der Waals surface area contributed by atoms with E-state index in [4.69, 9.17) is 9.84 Å². The highest BCUT2D eigenvalue weighted by molar-refractivity contribution is 5.63. The summed E-state index contributed by atoms with van der Waals surface area (Å²) in [5.74, 6) is 1.68. The Bertz CT molecular complexity index is 904. The summed E-state index contributed by atoms with van der Waals surface area (Å²) >= 11 is 0. The summed E-state index contributed by atoms with van der Waals surface area (Å²) in [6.07, 6.45) is 2.15. The maximum atomic E-state index is 5.91. The van der Waals surface area contributed by atoms with E-state index in [0.29, 0.717) is 6.04 Å². The van der Waals surface area contributed by atoms with E-state index in [0.717, 1.165) is 48.9 Å². The molecule has 1 fully saturated rings. The molecule has 0 amide bonds. The molecule has 2 aromatic carbocycles. The fraction of sp³-hybridized carbons (Fsp3) is 0.348. The molecule has 1 atom stereocenters. The third-order valence-corrected chi connectivity index (χ3v) is 5.45. The summed E-state index contributed by atoms with van der Waals surface area (Å²) in [4.78, 5) is 4.95. The molecule has 0 bridgehead atoms. The van der Waals surface area contributed by atoms with Gasteiger partial charge in [-0.1, -0.05) is 18.2 Å². The van der Waals surface area contributed by atoms with Crippen LogP contribution in [-0.4, -0.2) is 52.3 Å². The minimum absolute atomic E-state index is 0.586. The van der Waals surface area contributed by atoms with Crippen LogP contribution in [-0.2, 0) is 13.6 Å². The molecule has 1 aromatic heterocycles. The third-order valence-electron chi connectivity index (χ3n) is 5.45. The lowest BCUT2D eigenvalue weighted by atomic mass is 10.1. The summed E-state index contributed by atoms with van der Waals surface area (Å²) in [6.45, 7) is 6.53. The Morgan fingerprint density at radius 1 is 0.964 bits per heavy atom. The van der Waals surface area contributed by atoms with Gasteiger partial charge in [0.25, 0.3) is 0 Å². The predicted molar refractivity (Wildman–Crippen MR) is 113 cm³/mol. The molecule has 0 unspecified atom stereocenters. The SMILES string of the molecule is C[C@@H]1CN(Cc2cn(C)nc2-c2ccc(Oc3ccccc3)cc2)CCN1C. The van der Waals surface area contributed by atoms with Gasteiger partial charge in [-0.2, -0.15) is 5.10 Å². The highest BCUT2D eigenvalue weighted by Crippen LogP contribution is 2.28. The van der Waals surface area contributed by atoms with E-state index in [9.17, 15) is 0 Å². The monoisotopic (exact) mass is 376 g/mol. The number of aromatic nitrogens is 2. The number of benzene rings is 2. The van der Waals surface area contributed by atoms with Gasteiger partial charge in [-0.25, -0.2) is 0 Å². The Hall–Kier alpha value is -2.63. The zero-order valence-electron chi connectivity index (χ0n) is 16.9. The highest BCUT2D eigenvalue weighted by atomic mass is 16.5. The Morgan fingerprint density at radius 3 is 2.39 bits per heavy atom. The minimum Gasteiger partial charge on any atom is -0.457 e. The second kappa shape index (κ2) is 8.17. The number of rotatable bonds is 5. The molecule has 1 saturated heterocycles. The van der Waals surface area contributed by atoms with E-state index in [1.54, 1.807) is 0 Å². The number of likely N-dealkylation sites (N-methyl/N-ethyl adjacent to an activating group) is 1. The van der Waals surface area contributed by atoms with Crippen molar-refractivity contribution in [1.82, 2.24) is 19.6 Å². The molecule has 1 aliphatic heterocycles. The van der Waals surface area contributed by atoms with Crippen molar-refractivity contribution < 1.29 is 4.74 Å². The quantitative estimate of drug-likeness (QED) is 0.674. The van der Waals surface area contributed by atoms with Gasteiger partial charge < -0.3 is 9.64 Å². The molecule has 4 rings (SSSR count). The molecular formula is C23H28N4O. The summed E-state index contributed by atoms with van der Waals surface area (Å²) in [5.41, 5.74) is 3.45. The van der Waals surface area contributed by atoms with Gasteiger partial charge in [0.15, 0.2) is 0 Å². The Balaban J connectivity index is 1.50. The normalized spacial score (nSPS) is 18.3. The average Bonchev–Trinajstić information content (AvgIpc) is 3.06. The zero-order valence-corrected chi connectivity index (χ0v) is 16.9. The summed E-state index contributed by atoms with van der Waals surface area (Å²) < 4.78 is 7.82. The summed E-state index contributed by atoms with van der Waals surface area (Å²) in [7, 11) is 4.20. The zero-order chi connectivity index (χ0) is 19.5. The fourth-order valence-electron chi connectivity index (χ4n) is 3.71. The van der Waals surface area contributed by atoms with E-state index in [1.807, 2.05) is 54.2 Å². The molecule has 0 radical (unpaired) electrons. The van der Waals surface area contributed by atoms with Gasteiger partial charge in [0.05, 0.1) is 5.69 Å². The van der Waals surface area contributed by atoms with Gasteiger partial charge in [-0.15, -0.1) is 0 Å². The van der Waals surface area contributed by atoms with Crippen molar-refractivity contribution in [3.63, 3.8) is 0 Å². The second-order valence-corrected chi connectivity index (χ2v) is 7.68. The molecule has 5 nitrogen and oxygen atoms in total. The molecule has 28 heavy (non-hydrogen) atoms. The number of hydrogen-bond acceptors (Lipinski definition) is 4. The van der Waals surface area contributed by atoms with E-state index in [2.05, 4.69) is 42.1 Å². The first-order chi connectivity index (χ1) is 13.6. The van der Waals surface area contributed by atoms with Gasteiger partial charge in [0.2, 0.25) is 0 Å². The molecule has 1 aliphatic rings. The number of piperazine rings is 1. The van der Waals surface area contributed by atoms with Crippen molar-refractivity contribution in [2.75, 3.05) is 26.7 Å². The van der Waals surface area contributed by atoms with Gasteiger partial charge in [0, 0.05) is 56.6 Å². The molecule has 0 N–H and O–H groups in total. The fourth-order valence-corrected chi connectivity index (χ4v) is 3.71. The topological polar surface area (TPSA) is 33.5 Å². The van der Waals surface area contributed by atoms with Crippen LogP contribution in [0, 0.1) is 0 Å². The minimum atomic E-state index is 0.586. The molecule has 0 spiro atoms. The Kier molecular flexibility index (Phi) is 5.46. The number of ether oxygens (including phenoxy) is 1. The first-order valence-electron chi connectivity index (χ1n) is 9.87. The van der Waals surface area contributed by atoms with E-state index < -0.39 is 0 Å². The van der Waals surface area contributed by atoms with Crippen molar-refractivity contribution in [2.24, 2.45) is 7.05 Å². The van der Waals surface area contributed by atoms with E-state index >= 15 is 0 Å². The third kappa shape index (κ3) is 4.26. The van der Waals surface area contributed by atoms with Gasteiger partial charge in [-0.05, 0) is 50.4 Å². The summed E-state index contributed by atoms with van der Waals surface area (Å²) in [5, 5.41) is 4.73. The van der Waals surface area contributed by atoms with Crippen LogP contribution < -0.4 is 4.74 Å². The van der Waals surface area contributed by atoms with Crippen molar-refractivity contribution in [1.29, 1.82) is 0 Å². The van der Waals surface area contributed by atoms with Crippen molar-refractivity contribution in [2.45, 2.75) is 19.5 Å². The molecule has 2 heterocycles. The maximum absolute atomic E-state index is 5.91. The molecule has 146 valence electrons. The molecule has 0 aliphatic carbocycles. The van der Waals surface area contributed by atoms with Crippen LogP contribution in [0.15, 0.2) is 60.8 Å². The van der Waals surface area contributed by atoms with Crippen molar-refractivity contribution in [3.05, 3.63) is 66.4 Å². The number of hydrogen-bond donors (Lipinski definition) is 0. The lowest BCUT2D eigenvalue weighted by molar-refractivity contribution is 0.100. The Labute approximate surface area is 167 Å². The summed E-state index contributed by atoms with van der Waals surface area (Å²) in [6, 6.07) is 18.7. The maximum Gasteiger partial charge on any atom is 0.127 e. The first-order valence-corrected chi connectivity index (χ1v) is 9.87. The lowest BCUT2D eigenvalue weighted by Gasteiger charge is -2.37. The van der Waals surface area contributed by atoms with Crippen LogP contribution in [0.3, 0.4) is 0 Å². The van der Waals surface area contributed by atoms with Gasteiger partial charge in [0.1, 0.15) is 11.5 Å². The molecule has 5 heteroatoms. The Morgan fingerprint density at radius 2 is 1.68 bits per heavy atom. The van der Waals surface area contributed by atoms with Crippen molar-refractivity contribution >= 4 is 0 Å². The van der Waals surface area contributed by atoms with Crippen LogP contribution >= 0.6 is 0 Å². The smallest absolute Gasteiger partial charge is 0.127 e. The second-order valence-electron chi connectivity index (χ2n) is 7.68. The predicted octanol–water partition coefficient (Wildman–Crippen LogP) is 4.02. The molecule has 3 aromatic rings. The van der Waals surface area contributed by atoms with E-state index in [1.165, 1.54) is 5.56 Å². The van der Waals surface area contributed by atoms with E-state index in [-0.39, 0.29) is 0 Å². The van der Waals surface area contributed by atoms with Gasteiger partial charge in [-0.3, -0.25) is 9.58 Å². The van der Waals surface area contributed by atoms with Crippen LogP contribution in [0.4, 0.5) is 0 Å². The molecular weight excluding hydrogens is 348 g/mol. The number of aryl methyl sites for hydroxylation is 1. The highest BCUT2D eigenvalue weighted by Gasteiger charge is 2.22. The number of para-hydroxylation sites is 1. The lowest BCUT2D eigenvalue weighted by Crippen LogP contribution is -2.49. The molecule has 0 saturated carbocycles. The van der Waals surface area contributed by atoms with Crippen LogP contribution in [0.5, 0.6) is 11.5 Å². The first kappa shape index (κ1) is 18.7. The van der Waals surface area contributed by atoms with Crippen LogP contribution in [0.25, 0.3) is 11.3 Å². The standard InChI is InChI=1S/C23H28N4O/c1-18-15-27(14-13-25(18)2)17-20-16-26(3)24-23(20)19-9-11-22(12-10-19)28-21-7-5-4-6-8-21/h4-12,16,18H,13-15,17H2,1-3H3/t18-/m1/s1. The van der Waals surface area contributed by atoms with Gasteiger partial charge >= 0.3 is 0 Å². The van der Waals surface area contributed by atoms with Crippen molar-refractivity contribution in [3.8, 4) is 22.8 Å². The number of nitrogens with zero attached hydrogens (tertiary/aromatic N) is 4. The van der Waals surface area contributed by atoms with Crippen LogP contribution in [0.1, 0.15) is 12.5 Å². The average molecular weight is 377 g/mol. The largest absolute Gasteiger partial charge is 0.457 e.